The molecular formula is C21H21F3N6O2. The largest absolute Gasteiger partial charge is 0.418 e. The van der Waals surface area contributed by atoms with Gasteiger partial charge in [-0.05, 0) is 56.9 Å². The number of carbonyl (C=O) groups is 1. The predicted octanol–water partition coefficient (Wildman–Crippen LogP) is 3.81. The number of aromatic nitrogens is 4. The van der Waals surface area contributed by atoms with Gasteiger partial charge in [-0.15, -0.1) is 10.2 Å². The van der Waals surface area contributed by atoms with Crippen LogP contribution in [-0.2, 0) is 29.4 Å². The normalized spacial score (nSPS) is 20.8. The van der Waals surface area contributed by atoms with Crippen LogP contribution in [0.1, 0.15) is 43.3 Å². The van der Waals surface area contributed by atoms with E-state index in [0.717, 1.165) is 43.6 Å². The molecule has 11 heteroatoms. The molecule has 1 atom stereocenters. The first kappa shape index (κ1) is 20.5. The number of hydrogen-bond acceptors (Lipinski definition) is 6. The summed E-state index contributed by atoms with van der Waals surface area (Å²) in [4.78, 5) is 12.3. The lowest BCUT2D eigenvalue weighted by Gasteiger charge is -2.15. The van der Waals surface area contributed by atoms with E-state index < -0.39 is 17.2 Å². The van der Waals surface area contributed by atoms with E-state index in [4.69, 9.17) is 4.42 Å². The van der Waals surface area contributed by atoms with Gasteiger partial charge < -0.3 is 15.1 Å². The van der Waals surface area contributed by atoms with Crippen molar-refractivity contribution in [2.24, 2.45) is 0 Å². The van der Waals surface area contributed by atoms with E-state index in [1.165, 1.54) is 12.1 Å². The summed E-state index contributed by atoms with van der Waals surface area (Å²) in [6.07, 6.45) is -1.15. The number of halogens is 3. The van der Waals surface area contributed by atoms with Crippen LogP contribution in [0.25, 0.3) is 11.6 Å². The predicted molar refractivity (Wildman–Crippen MR) is 108 cm³/mol. The highest BCUT2D eigenvalue weighted by Gasteiger charge is 2.44. The summed E-state index contributed by atoms with van der Waals surface area (Å²) >= 11 is 0. The van der Waals surface area contributed by atoms with E-state index in [-0.39, 0.29) is 17.7 Å². The Morgan fingerprint density at radius 3 is 2.66 bits per heavy atom. The van der Waals surface area contributed by atoms with Crippen molar-refractivity contribution in [2.75, 3.05) is 11.9 Å². The highest BCUT2D eigenvalue weighted by molar-refractivity contribution is 5.88. The Hall–Kier alpha value is -3.37. The number of benzene rings is 1. The van der Waals surface area contributed by atoms with Crippen LogP contribution in [0.5, 0.6) is 0 Å². The van der Waals surface area contributed by atoms with Gasteiger partial charge in [0.15, 0.2) is 5.69 Å². The van der Waals surface area contributed by atoms with Crippen molar-refractivity contribution in [3.8, 4) is 11.6 Å². The SMILES string of the molecule is C[C@@]1(c2nnc(-c3nn4c(c3Nc3ccc(C(F)(F)F)cc3)CCCC4)o2)CCNC1=O. The third-order valence-electron chi connectivity index (χ3n) is 6.08. The quantitative estimate of drug-likeness (QED) is 0.633. The van der Waals surface area contributed by atoms with E-state index in [0.29, 0.717) is 30.0 Å². The summed E-state index contributed by atoms with van der Waals surface area (Å²) in [5.41, 5.74) is 0.845. The molecule has 32 heavy (non-hydrogen) atoms. The molecule has 0 aliphatic carbocycles. The van der Waals surface area contributed by atoms with Gasteiger partial charge in [0.2, 0.25) is 11.8 Å². The van der Waals surface area contributed by atoms with E-state index in [1.807, 2.05) is 4.68 Å². The van der Waals surface area contributed by atoms with Crippen LogP contribution in [0.3, 0.4) is 0 Å². The first-order valence-electron chi connectivity index (χ1n) is 10.4. The van der Waals surface area contributed by atoms with E-state index >= 15 is 0 Å². The Kier molecular flexibility index (Phi) is 4.72. The molecule has 1 fully saturated rings. The van der Waals surface area contributed by atoms with E-state index in [2.05, 4.69) is 25.9 Å². The van der Waals surface area contributed by atoms with Gasteiger partial charge in [0.1, 0.15) is 5.41 Å². The van der Waals surface area contributed by atoms with E-state index in [9.17, 15) is 18.0 Å². The molecule has 4 heterocycles. The van der Waals surface area contributed by atoms with Crippen LogP contribution in [0.15, 0.2) is 28.7 Å². The molecule has 1 aromatic carbocycles. The number of hydrogen-bond donors (Lipinski definition) is 2. The maximum absolute atomic E-state index is 12.9. The van der Waals surface area contributed by atoms with Gasteiger partial charge >= 0.3 is 6.18 Å². The highest BCUT2D eigenvalue weighted by atomic mass is 19.4. The summed E-state index contributed by atoms with van der Waals surface area (Å²) < 4.78 is 46.5. The standard InChI is InChI=1S/C21H21F3N6O2/c1-20(9-10-25-18(20)31)19-28-27-17(32-19)16-15(14-4-2-3-11-30(14)29-16)26-13-7-5-12(6-8-13)21(22,23)24/h5-8,26H,2-4,9-11H2,1H3,(H,25,31)/t20-/m1/s1. The monoisotopic (exact) mass is 446 g/mol. The van der Waals surface area contributed by atoms with Crippen molar-refractivity contribution < 1.29 is 22.4 Å². The maximum atomic E-state index is 12.9. The minimum absolute atomic E-state index is 0.164. The molecule has 1 amide bonds. The fourth-order valence-corrected chi connectivity index (χ4v) is 4.14. The van der Waals surface area contributed by atoms with Crippen molar-refractivity contribution in [3.63, 3.8) is 0 Å². The summed E-state index contributed by atoms with van der Waals surface area (Å²) in [7, 11) is 0. The van der Waals surface area contributed by atoms with Gasteiger partial charge in [0.25, 0.3) is 5.89 Å². The summed E-state index contributed by atoms with van der Waals surface area (Å²) in [6, 6.07) is 4.82. The first-order valence-corrected chi connectivity index (χ1v) is 10.4. The third-order valence-corrected chi connectivity index (χ3v) is 6.08. The lowest BCUT2D eigenvalue weighted by Crippen LogP contribution is -2.32. The maximum Gasteiger partial charge on any atom is 0.416 e. The van der Waals surface area contributed by atoms with Crippen molar-refractivity contribution in [3.05, 3.63) is 41.4 Å². The molecular weight excluding hydrogens is 425 g/mol. The Labute approximate surface area is 181 Å². The summed E-state index contributed by atoms with van der Waals surface area (Å²) in [5, 5.41) is 18.9. The third kappa shape index (κ3) is 3.41. The average Bonchev–Trinajstić information content (AvgIpc) is 3.47. The average molecular weight is 446 g/mol. The molecule has 1 saturated heterocycles. The number of nitrogens with one attached hydrogen (secondary N) is 2. The molecule has 2 aliphatic heterocycles. The number of amides is 1. The number of carbonyl (C=O) groups excluding carboxylic acids is 1. The second-order valence-corrected chi connectivity index (χ2v) is 8.30. The minimum atomic E-state index is -4.40. The number of rotatable bonds is 4. The smallest absolute Gasteiger partial charge is 0.416 e. The molecule has 0 spiro atoms. The van der Waals surface area contributed by atoms with Crippen molar-refractivity contribution in [1.29, 1.82) is 0 Å². The van der Waals surface area contributed by atoms with Gasteiger partial charge in [-0.25, -0.2) is 0 Å². The molecule has 5 rings (SSSR count). The molecule has 168 valence electrons. The number of anilines is 2. The van der Waals surface area contributed by atoms with Crippen molar-refractivity contribution in [2.45, 2.75) is 50.7 Å². The van der Waals surface area contributed by atoms with Crippen LogP contribution >= 0.6 is 0 Å². The molecule has 2 aliphatic rings. The van der Waals surface area contributed by atoms with Crippen LogP contribution in [-0.4, -0.2) is 32.4 Å². The Bertz CT molecular complexity index is 1170. The summed E-state index contributed by atoms with van der Waals surface area (Å²) in [6.45, 7) is 3.01. The number of nitrogens with zero attached hydrogens (tertiary/aromatic N) is 4. The second kappa shape index (κ2) is 7.35. The molecule has 0 radical (unpaired) electrons. The van der Waals surface area contributed by atoms with Gasteiger partial charge in [0, 0.05) is 18.8 Å². The summed E-state index contributed by atoms with van der Waals surface area (Å²) in [5.74, 6) is 0.214. The molecule has 3 aromatic rings. The fourth-order valence-electron chi connectivity index (χ4n) is 4.14. The van der Waals surface area contributed by atoms with Crippen LogP contribution in [0.4, 0.5) is 24.5 Å². The lowest BCUT2D eigenvalue weighted by molar-refractivity contribution is -0.137. The lowest BCUT2D eigenvalue weighted by atomic mass is 9.89. The minimum Gasteiger partial charge on any atom is -0.418 e. The van der Waals surface area contributed by atoms with Crippen LogP contribution in [0.2, 0.25) is 0 Å². The Morgan fingerprint density at radius 1 is 1.19 bits per heavy atom. The molecule has 0 bridgehead atoms. The molecule has 2 aromatic heterocycles. The number of fused-ring (bicyclic) bond motifs is 1. The van der Waals surface area contributed by atoms with Crippen molar-refractivity contribution >= 4 is 17.3 Å². The van der Waals surface area contributed by atoms with Crippen LogP contribution in [0, 0.1) is 0 Å². The Balaban J connectivity index is 1.52. The fraction of sp³-hybridized carbons (Fsp3) is 0.429. The van der Waals surface area contributed by atoms with Gasteiger partial charge in [-0.2, -0.15) is 18.3 Å². The van der Waals surface area contributed by atoms with Gasteiger partial charge in [0.05, 0.1) is 16.9 Å². The molecule has 8 nitrogen and oxygen atoms in total. The zero-order chi connectivity index (χ0) is 22.5. The number of aryl methyl sites for hydroxylation is 1. The van der Waals surface area contributed by atoms with Gasteiger partial charge in [-0.1, -0.05) is 0 Å². The zero-order valence-corrected chi connectivity index (χ0v) is 17.3. The second-order valence-electron chi connectivity index (χ2n) is 8.30. The van der Waals surface area contributed by atoms with Crippen molar-refractivity contribution in [1.82, 2.24) is 25.3 Å². The van der Waals surface area contributed by atoms with E-state index in [1.54, 1.807) is 6.92 Å². The topological polar surface area (TPSA) is 97.9 Å². The first-order chi connectivity index (χ1) is 15.3. The molecule has 2 N–H and O–H groups in total. The highest BCUT2D eigenvalue weighted by Crippen LogP contribution is 2.38. The Morgan fingerprint density at radius 2 is 1.97 bits per heavy atom. The van der Waals surface area contributed by atoms with Crippen LogP contribution < -0.4 is 10.6 Å². The molecule has 0 saturated carbocycles. The molecule has 0 unspecified atom stereocenters. The zero-order valence-electron chi connectivity index (χ0n) is 17.3. The number of alkyl halides is 3. The van der Waals surface area contributed by atoms with Gasteiger partial charge in [-0.3, -0.25) is 9.48 Å².